The molecule has 4 aromatic carbocycles. The van der Waals surface area contributed by atoms with Crippen molar-refractivity contribution in [2.45, 2.75) is 34.1 Å². The monoisotopic (exact) mass is 575 g/mol. The Hall–Kier alpha value is -3.36. The van der Waals surface area contributed by atoms with Gasteiger partial charge in [-0.1, -0.05) is 71.0 Å². The summed E-state index contributed by atoms with van der Waals surface area (Å²) in [5, 5.41) is 15.6. The fourth-order valence-corrected chi connectivity index (χ4v) is 5.45. The van der Waals surface area contributed by atoms with E-state index in [0.29, 0.717) is 39.6 Å². The van der Waals surface area contributed by atoms with E-state index in [9.17, 15) is 14.7 Å². The average molecular weight is 576 g/mol. The van der Waals surface area contributed by atoms with Crippen LogP contribution >= 0.6 is 35.1 Å². The van der Waals surface area contributed by atoms with Crippen LogP contribution in [0, 0.1) is 0 Å². The van der Waals surface area contributed by atoms with Crippen molar-refractivity contribution in [1.82, 2.24) is 0 Å². The maximum Gasteiger partial charge on any atom is 0.331 e. The van der Waals surface area contributed by atoms with Crippen LogP contribution < -0.4 is 0 Å². The molecule has 0 aliphatic rings. The van der Waals surface area contributed by atoms with Gasteiger partial charge < -0.3 is 9.94 Å². The molecule has 0 heterocycles. The Kier molecular flexibility index (Phi) is 10.4. The van der Waals surface area contributed by atoms with Crippen LogP contribution in [0.3, 0.4) is 0 Å². The molecule has 1 unspecified atom stereocenters. The zero-order valence-corrected chi connectivity index (χ0v) is 23.5. The Morgan fingerprint density at radius 3 is 2.00 bits per heavy atom. The lowest BCUT2D eigenvalue weighted by molar-refractivity contribution is -0.141. The standard InChI is InChI=1S/C31H26ClNO4S2/c1-21(34)37-33-29(19-20-38-26-17-11-25(32)12-18-26)31(36)24-9-15-28(16-10-24)39-27-13-7-23(8-14-27)30(35)22-5-3-2-4-6-22/h2-18,31,36H,19-20H2,1H3. The van der Waals surface area contributed by atoms with Crippen molar-refractivity contribution < 1.29 is 19.5 Å². The topological polar surface area (TPSA) is 76.0 Å². The molecule has 0 aromatic heterocycles. The second-order valence-corrected chi connectivity index (χ2v) is 11.3. The molecule has 39 heavy (non-hydrogen) atoms. The smallest absolute Gasteiger partial charge is 0.331 e. The van der Waals surface area contributed by atoms with Gasteiger partial charge in [0.15, 0.2) is 5.78 Å². The summed E-state index contributed by atoms with van der Waals surface area (Å²) in [6.07, 6.45) is -0.593. The second kappa shape index (κ2) is 14.1. The van der Waals surface area contributed by atoms with E-state index < -0.39 is 12.1 Å². The summed E-state index contributed by atoms with van der Waals surface area (Å²) in [6, 6.07) is 31.7. The van der Waals surface area contributed by atoms with Crippen LogP contribution in [0.4, 0.5) is 0 Å². The van der Waals surface area contributed by atoms with Gasteiger partial charge >= 0.3 is 5.97 Å². The molecule has 0 fully saturated rings. The van der Waals surface area contributed by atoms with Crippen molar-refractivity contribution in [2.24, 2.45) is 5.16 Å². The van der Waals surface area contributed by atoms with E-state index in [2.05, 4.69) is 5.16 Å². The van der Waals surface area contributed by atoms with Gasteiger partial charge in [0.05, 0.1) is 5.71 Å². The lowest BCUT2D eigenvalue weighted by atomic mass is 10.0. The first-order valence-electron chi connectivity index (χ1n) is 12.2. The number of nitrogens with zero attached hydrogens (tertiary/aromatic N) is 1. The van der Waals surface area contributed by atoms with E-state index >= 15 is 0 Å². The number of benzene rings is 4. The van der Waals surface area contributed by atoms with Gasteiger partial charge in [-0.15, -0.1) is 11.8 Å². The van der Waals surface area contributed by atoms with Crippen LogP contribution in [0.25, 0.3) is 0 Å². The first-order chi connectivity index (χ1) is 18.9. The summed E-state index contributed by atoms with van der Waals surface area (Å²) in [6.45, 7) is 1.27. The molecule has 0 saturated carbocycles. The minimum absolute atomic E-state index is 0.0109. The predicted octanol–water partition coefficient (Wildman–Crippen LogP) is 7.86. The van der Waals surface area contributed by atoms with Gasteiger partial charge in [0.1, 0.15) is 6.10 Å². The zero-order chi connectivity index (χ0) is 27.6. The quantitative estimate of drug-likeness (QED) is 0.0645. The van der Waals surface area contributed by atoms with Crippen LogP contribution in [0.15, 0.2) is 123 Å². The largest absolute Gasteiger partial charge is 0.382 e. The average Bonchev–Trinajstić information content (AvgIpc) is 2.96. The van der Waals surface area contributed by atoms with Gasteiger partial charge in [-0.2, -0.15) is 0 Å². The van der Waals surface area contributed by atoms with Crippen LogP contribution in [0.2, 0.25) is 5.02 Å². The molecule has 5 nitrogen and oxygen atoms in total. The molecule has 0 bridgehead atoms. The van der Waals surface area contributed by atoms with Crippen molar-refractivity contribution in [3.05, 3.63) is 125 Å². The van der Waals surface area contributed by atoms with Gasteiger partial charge in [-0.25, -0.2) is 4.79 Å². The fourth-order valence-electron chi connectivity index (χ4n) is 3.64. The molecule has 8 heteroatoms. The molecule has 198 valence electrons. The Labute approximate surface area is 241 Å². The molecule has 0 saturated heterocycles. The highest BCUT2D eigenvalue weighted by molar-refractivity contribution is 7.99. The molecule has 0 radical (unpaired) electrons. The lowest BCUT2D eigenvalue weighted by Gasteiger charge is -2.14. The van der Waals surface area contributed by atoms with Gasteiger partial charge in [0, 0.05) is 49.9 Å². The molecule has 1 atom stereocenters. The molecule has 0 aliphatic carbocycles. The minimum Gasteiger partial charge on any atom is -0.382 e. The molecule has 4 aromatic rings. The molecular weight excluding hydrogens is 550 g/mol. The summed E-state index contributed by atoms with van der Waals surface area (Å²) < 4.78 is 0. The van der Waals surface area contributed by atoms with Crippen molar-refractivity contribution in [1.29, 1.82) is 0 Å². The van der Waals surface area contributed by atoms with Crippen LogP contribution in [-0.4, -0.2) is 28.3 Å². The van der Waals surface area contributed by atoms with Crippen molar-refractivity contribution in [3.63, 3.8) is 0 Å². The maximum absolute atomic E-state index is 12.6. The van der Waals surface area contributed by atoms with Gasteiger partial charge in [-0.05, 0) is 66.2 Å². The highest BCUT2D eigenvalue weighted by Crippen LogP contribution is 2.30. The van der Waals surface area contributed by atoms with E-state index in [-0.39, 0.29) is 5.78 Å². The third-order valence-corrected chi connectivity index (χ3v) is 7.91. The molecule has 0 aliphatic heterocycles. The first kappa shape index (κ1) is 28.6. The number of halogens is 1. The fraction of sp³-hybridized carbons (Fsp3) is 0.129. The van der Waals surface area contributed by atoms with Crippen molar-refractivity contribution in [2.75, 3.05) is 5.75 Å². The molecule has 0 amide bonds. The number of carbonyl (C=O) groups is 2. The van der Waals surface area contributed by atoms with E-state index in [0.717, 1.165) is 14.7 Å². The Morgan fingerprint density at radius 2 is 1.38 bits per heavy atom. The zero-order valence-electron chi connectivity index (χ0n) is 21.1. The Morgan fingerprint density at radius 1 is 0.821 bits per heavy atom. The summed E-state index contributed by atoms with van der Waals surface area (Å²) in [5.41, 5.74) is 2.31. The summed E-state index contributed by atoms with van der Waals surface area (Å²) >= 11 is 9.10. The van der Waals surface area contributed by atoms with Crippen molar-refractivity contribution in [3.8, 4) is 0 Å². The molecule has 4 rings (SSSR count). The SMILES string of the molecule is CC(=O)ON=C(CCSc1ccc(Cl)cc1)C(O)c1ccc(Sc2ccc(C(=O)c3ccccc3)cc2)cc1. The third-order valence-electron chi connectivity index (χ3n) is 5.63. The number of hydrogen-bond acceptors (Lipinski definition) is 7. The van der Waals surface area contributed by atoms with Crippen LogP contribution in [-0.2, 0) is 9.63 Å². The van der Waals surface area contributed by atoms with E-state index in [1.54, 1.807) is 23.5 Å². The molecule has 1 N–H and O–H groups in total. The Balaban J connectivity index is 1.38. The summed E-state index contributed by atoms with van der Waals surface area (Å²) in [7, 11) is 0. The normalized spacial score (nSPS) is 12.1. The number of ketones is 1. The van der Waals surface area contributed by atoms with E-state index in [1.807, 2.05) is 103 Å². The molecule has 0 spiro atoms. The number of thioether (sulfide) groups is 1. The lowest BCUT2D eigenvalue weighted by Crippen LogP contribution is -2.14. The van der Waals surface area contributed by atoms with Crippen LogP contribution in [0.5, 0.6) is 0 Å². The van der Waals surface area contributed by atoms with Gasteiger partial charge in [0.2, 0.25) is 0 Å². The summed E-state index contributed by atoms with van der Waals surface area (Å²) in [5.74, 6) is 0.0757. The number of rotatable bonds is 11. The van der Waals surface area contributed by atoms with Gasteiger partial charge in [-0.3, -0.25) is 4.79 Å². The number of aliphatic hydroxyl groups excluding tert-OH is 1. The van der Waals surface area contributed by atoms with Gasteiger partial charge in [0.25, 0.3) is 0 Å². The minimum atomic E-state index is -1.02. The maximum atomic E-state index is 12.6. The van der Waals surface area contributed by atoms with E-state index in [1.165, 1.54) is 6.92 Å². The second-order valence-electron chi connectivity index (χ2n) is 8.51. The van der Waals surface area contributed by atoms with Crippen molar-refractivity contribution >= 4 is 52.6 Å². The van der Waals surface area contributed by atoms with Crippen LogP contribution in [0.1, 0.15) is 40.9 Å². The number of oxime groups is 1. The highest BCUT2D eigenvalue weighted by atomic mass is 35.5. The number of carbonyl (C=O) groups excluding carboxylic acids is 2. The third kappa shape index (κ3) is 8.57. The Bertz CT molecular complexity index is 1420. The predicted molar refractivity (Wildman–Crippen MR) is 158 cm³/mol. The number of hydrogen-bond donors (Lipinski definition) is 1. The summed E-state index contributed by atoms with van der Waals surface area (Å²) in [4.78, 5) is 31.8. The first-order valence-corrected chi connectivity index (χ1v) is 14.4. The molecular formula is C31H26ClNO4S2. The highest BCUT2D eigenvalue weighted by Gasteiger charge is 2.17. The van der Waals surface area contributed by atoms with E-state index in [4.69, 9.17) is 16.4 Å². The number of aliphatic hydroxyl groups is 1.